The Bertz CT molecular complexity index is 1120. The highest BCUT2D eigenvalue weighted by Gasteiger charge is 2.30. The molecular formula is C22H28N4O4S2. The van der Waals surface area contributed by atoms with Gasteiger partial charge in [-0.1, -0.05) is 25.1 Å². The van der Waals surface area contributed by atoms with Crippen molar-refractivity contribution >= 4 is 26.5 Å². The normalized spacial score (nSPS) is 13.4. The molecule has 0 saturated carbocycles. The minimum atomic E-state index is -3.72. The summed E-state index contributed by atoms with van der Waals surface area (Å²) in [6.45, 7) is 1.93. The maximum atomic E-state index is 13.4. The maximum Gasteiger partial charge on any atom is 0.203 e. The number of para-hydroxylation sites is 1. The van der Waals surface area contributed by atoms with Crippen LogP contribution in [0.4, 0.5) is 5.13 Å². The summed E-state index contributed by atoms with van der Waals surface area (Å²) in [5, 5.41) is 2.56. The van der Waals surface area contributed by atoms with E-state index in [0.717, 1.165) is 22.8 Å². The highest BCUT2D eigenvalue weighted by Crippen LogP contribution is 2.26. The maximum absolute atomic E-state index is 13.4. The van der Waals surface area contributed by atoms with Crippen LogP contribution in [0.3, 0.4) is 0 Å². The first kappa shape index (κ1) is 24.0. The number of sulfone groups is 1. The van der Waals surface area contributed by atoms with Gasteiger partial charge in [-0.25, -0.2) is 13.4 Å². The van der Waals surface area contributed by atoms with Gasteiger partial charge in [0, 0.05) is 29.6 Å². The van der Waals surface area contributed by atoms with Crippen molar-refractivity contribution in [3.63, 3.8) is 0 Å². The van der Waals surface area contributed by atoms with Crippen molar-refractivity contribution in [3.8, 4) is 11.5 Å². The third kappa shape index (κ3) is 5.76. The Kier molecular flexibility index (Phi) is 8.05. The molecule has 172 valence electrons. The summed E-state index contributed by atoms with van der Waals surface area (Å²) in [4.78, 5) is 4.70. The Morgan fingerprint density at radius 1 is 1.09 bits per heavy atom. The smallest absolute Gasteiger partial charge is 0.203 e. The van der Waals surface area contributed by atoms with Gasteiger partial charge >= 0.3 is 0 Å². The molecule has 1 heterocycles. The van der Waals surface area contributed by atoms with E-state index in [1.165, 1.54) is 19.2 Å². The van der Waals surface area contributed by atoms with E-state index in [9.17, 15) is 8.42 Å². The molecule has 1 aromatic heterocycles. The molecule has 0 fully saturated rings. The molecule has 3 rings (SSSR count). The van der Waals surface area contributed by atoms with E-state index < -0.39 is 15.2 Å². The summed E-state index contributed by atoms with van der Waals surface area (Å²) in [5.41, 5.74) is 7.07. The fourth-order valence-electron chi connectivity index (χ4n) is 3.18. The summed E-state index contributed by atoms with van der Waals surface area (Å²) in [5.74, 6) is 1.93. The van der Waals surface area contributed by atoms with Gasteiger partial charge in [0.25, 0.3) is 0 Å². The van der Waals surface area contributed by atoms with Gasteiger partial charge in [0.1, 0.15) is 22.7 Å². The monoisotopic (exact) mass is 476 g/mol. The molecule has 3 N–H and O–H groups in total. The van der Waals surface area contributed by atoms with Crippen molar-refractivity contribution in [2.45, 2.75) is 42.5 Å². The summed E-state index contributed by atoms with van der Waals surface area (Å²) >= 11 is 1.12. The molecule has 2 unspecified atom stereocenters. The Labute approximate surface area is 192 Å². The number of methoxy groups -OCH3 is 2. The Hall–Kier alpha value is -2.69. The minimum Gasteiger partial charge on any atom is -0.497 e. The van der Waals surface area contributed by atoms with E-state index in [1.807, 2.05) is 31.2 Å². The fourth-order valence-corrected chi connectivity index (χ4v) is 5.50. The van der Waals surface area contributed by atoms with Crippen LogP contribution in [0, 0.1) is 0 Å². The highest BCUT2D eigenvalue weighted by atomic mass is 32.2. The van der Waals surface area contributed by atoms with Crippen molar-refractivity contribution in [2.75, 3.05) is 19.5 Å². The Morgan fingerprint density at radius 2 is 1.81 bits per heavy atom. The molecule has 0 amide bonds. The molecule has 0 spiro atoms. The number of anilines is 1. The van der Waals surface area contributed by atoms with Gasteiger partial charge in [-0.2, -0.15) is 4.37 Å². The lowest BCUT2D eigenvalue weighted by molar-refractivity contribution is 0.410. The van der Waals surface area contributed by atoms with Gasteiger partial charge < -0.3 is 20.5 Å². The van der Waals surface area contributed by atoms with Crippen LogP contribution in [0.5, 0.6) is 11.5 Å². The number of hydrogen-bond acceptors (Lipinski definition) is 9. The van der Waals surface area contributed by atoms with Crippen LogP contribution in [0.1, 0.15) is 31.2 Å². The number of nitrogens with one attached hydrogen (secondary N) is 1. The summed E-state index contributed by atoms with van der Waals surface area (Å²) in [6, 6.07) is 13.7. The number of rotatable bonds is 11. The molecule has 0 saturated heterocycles. The average molecular weight is 477 g/mol. The zero-order valence-corrected chi connectivity index (χ0v) is 19.9. The second kappa shape index (κ2) is 10.8. The summed E-state index contributed by atoms with van der Waals surface area (Å²) < 4.78 is 41.6. The quantitative estimate of drug-likeness (QED) is 0.432. The predicted octanol–water partition coefficient (Wildman–Crippen LogP) is 3.49. The third-order valence-corrected chi connectivity index (χ3v) is 7.77. The van der Waals surface area contributed by atoms with Crippen molar-refractivity contribution in [3.05, 3.63) is 59.9 Å². The van der Waals surface area contributed by atoms with Crippen LogP contribution < -0.4 is 20.5 Å². The molecule has 0 bridgehead atoms. The fraction of sp³-hybridized carbons (Fsp3) is 0.364. The van der Waals surface area contributed by atoms with Crippen LogP contribution in [0.15, 0.2) is 53.4 Å². The van der Waals surface area contributed by atoms with Crippen LogP contribution in [-0.2, 0) is 16.3 Å². The van der Waals surface area contributed by atoms with E-state index in [1.54, 1.807) is 19.2 Å². The van der Waals surface area contributed by atoms with E-state index in [4.69, 9.17) is 15.2 Å². The van der Waals surface area contributed by atoms with Crippen LogP contribution in [0.25, 0.3) is 0 Å². The molecule has 0 aliphatic heterocycles. The van der Waals surface area contributed by atoms with Gasteiger partial charge in [-0.3, -0.25) is 0 Å². The molecule has 0 aliphatic carbocycles. The molecule has 0 radical (unpaired) electrons. The van der Waals surface area contributed by atoms with Crippen molar-refractivity contribution in [2.24, 2.45) is 5.73 Å². The van der Waals surface area contributed by atoms with Gasteiger partial charge in [-0.15, -0.1) is 0 Å². The zero-order valence-electron chi connectivity index (χ0n) is 18.3. The Balaban J connectivity index is 1.82. The van der Waals surface area contributed by atoms with E-state index >= 15 is 0 Å². The first-order valence-electron chi connectivity index (χ1n) is 10.2. The van der Waals surface area contributed by atoms with Gasteiger partial charge in [0.15, 0.2) is 9.84 Å². The summed E-state index contributed by atoms with van der Waals surface area (Å²) in [7, 11) is -0.567. The number of aromatic nitrogens is 2. The largest absolute Gasteiger partial charge is 0.497 e. The van der Waals surface area contributed by atoms with Crippen molar-refractivity contribution in [1.82, 2.24) is 9.36 Å². The van der Waals surface area contributed by atoms with Crippen LogP contribution in [-0.4, -0.2) is 43.4 Å². The summed E-state index contributed by atoms with van der Waals surface area (Å²) in [6.07, 6.45) is 1.38. The molecule has 0 aliphatic rings. The highest BCUT2D eigenvalue weighted by molar-refractivity contribution is 7.92. The van der Waals surface area contributed by atoms with E-state index in [-0.39, 0.29) is 17.4 Å². The average Bonchev–Trinajstić information content (AvgIpc) is 3.25. The van der Waals surface area contributed by atoms with Gasteiger partial charge in [-0.05, 0) is 43.2 Å². The van der Waals surface area contributed by atoms with Crippen LogP contribution >= 0.6 is 11.5 Å². The standard InChI is InChI=1S/C22H28N4O4S2/c1-4-16(23)14-21(32(27,28)18-11-9-17(29-2)10-12-18)25-22-24-20(26-31-22)13-15-7-5-6-8-19(15)30-3/h5-12,16,21H,4,13-14,23H2,1-3H3,(H,24,25,26). The first-order valence-corrected chi connectivity index (χ1v) is 12.5. The topological polar surface area (TPSA) is 116 Å². The van der Waals surface area contributed by atoms with E-state index in [0.29, 0.717) is 29.5 Å². The Morgan fingerprint density at radius 3 is 2.47 bits per heavy atom. The second-order valence-electron chi connectivity index (χ2n) is 7.26. The van der Waals surface area contributed by atoms with Gasteiger partial charge in [0.2, 0.25) is 5.13 Å². The lowest BCUT2D eigenvalue weighted by Crippen LogP contribution is -2.36. The lowest BCUT2D eigenvalue weighted by atomic mass is 10.1. The SMILES string of the molecule is CCC(N)CC(Nc1nc(Cc2ccccc2OC)ns1)S(=O)(=O)c1ccc(OC)cc1. The lowest BCUT2D eigenvalue weighted by Gasteiger charge is -2.21. The number of hydrogen-bond donors (Lipinski definition) is 2. The van der Waals surface area contributed by atoms with Crippen LogP contribution in [0.2, 0.25) is 0 Å². The number of benzene rings is 2. The molecule has 8 nitrogen and oxygen atoms in total. The third-order valence-electron chi connectivity index (χ3n) is 5.10. The molecule has 2 aromatic carbocycles. The van der Waals surface area contributed by atoms with Crippen molar-refractivity contribution in [1.29, 1.82) is 0 Å². The molecule has 3 aromatic rings. The second-order valence-corrected chi connectivity index (χ2v) is 10.1. The first-order chi connectivity index (χ1) is 15.4. The number of nitrogens with two attached hydrogens (primary N) is 1. The predicted molar refractivity (Wildman–Crippen MR) is 126 cm³/mol. The molecule has 2 atom stereocenters. The number of ether oxygens (including phenoxy) is 2. The zero-order chi connectivity index (χ0) is 23.1. The molecule has 10 heteroatoms. The minimum absolute atomic E-state index is 0.192. The molecule has 32 heavy (non-hydrogen) atoms. The number of nitrogens with zero attached hydrogens (tertiary/aromatic N) is 2. The molecular weight excluding hydrogens is 448 g/mol. The van der Waals surface area contributed by atoms with E-state index in [2.05, 4.69) is 14.7 Å². The van der Waals surface area contributed by atoms with Gasteiger partial charge in [0.05, 0.1) is 19.1 Å². The van der Waals surface area contributed by atoms with Crippen molar-refractivity contribution < 1.29 is 17.9 Å².